The first-order valence-corrected chi connectivity index (χ1v) is 8.30. The number of aryl methyl sites for hydroxylation is 1. The van der Waals surface area contributed by atoms with E-state index in [4.69, 9.17) is 12.2 Å². The monoisotopic (exact) mass is 322 g/mol. The number of rotatable bonds is 6. The number of nitrogens with zero attached hydrogens (tertiary/aromatic N) is 2. The molecule has 7 heteroatoms. The van der Waals surface area contributed by atoms with Crippen molar-refractivity contribution in [1.29, 1.82) is 0 Å². The zero-order valence-corrected chi connectivity index (χ0v) is 13.7. The van der Waals surface area contributed by atoms with Crippen LogP contribution in [0.1, 0.15) is 19.2 Å². The van der Waals surface area contributed by atoms with Gasteiger partial charge >= 0.3 is 0 Å². The van der Waals surface area contributed by atoms with E-state index in [1.54, 1.807) is 11.8 Å². The molecule has 0 saturated carbocycles. The molecule has 0 fully saturated rings. The van der Waals surface area contributed by atoms with Crippen LogP contribution in [0.3, 0.4) is 0 Å². The first kappa shape index (κ1) is 15.8. The first-order chi connectivity index (χ1) is 10.1. The normalized spacial score (nSPS) is 10.6. The topological polar surface area (TPSA) is 62.7 Å². The molecule has 0 aliphatic heterocycles. The van der Waals surface area contributed by atoms with Gasteiger partial charge in [0.25, 0.3) is 0 Å². The molecule has 112 valence electrons. The number of nitrogens with one attached hydrogen (secondary N) is 2. The summed E-state index contributed by atoms with van der Waals surface area (Å²) >= 11 is 6.97. The van der Waals surface area contributed by atoms with Crippen LogP contribution in [-0.2, 0) is 4.79 Å². The number of anilines is 1. The second kappa shape index (κ2) is 7.42. The molecule has 0 atom stereocenters. The number of thioether (sulfide) groups is 1. The Kier molecular flexibility index (Phi) is 5.58. The van der Waals surface area contributed by atoms with Crippen LogP contribution in [0.2, 0.25) is 0 Å². The summed E-state index contributed by atoms with van der Waals surface area (Å²) in [6.07, 6.45) is 0.521. The smallest absolute Gasteiger partial charge is 0.225 e. The molecule has 2 N–H and O–H groups in total. The Labute approximate surface area is 133 Å². The second-order valence-electron chi connectivity index (χ2n) is 4.46. The third-order valence-corrected chi connectivity index (χ3v) is 4.08. The highest BCUT2D eigenvalue weighted by Gasteiger charge is 2.06. The van der Waals surface area contributed by atoms with Gasteiger partial charge in [-0.05, 0) is 43.1 Å². The maximum absolute atomic E-state index is 11.8. The standard InChI is InChI=1S/C14H18N4OS2/c1-3-21-8-7-13(19)15-11-5-4-6-12(9-11)18-10(2)16-17-14(18)20/h4-6,9H,3,7-8H2,1-2H3,(H,15,19)(H,17,20). The number of carbonyl (C=O) groups excluding carboxylic acids is 1. The summed E-state index contributed by atoms with van der Waals surface area (Å²) in [6, 6.07) is 7.58. The third kappa shape index (κ3) is 4.18. The Morgan fingerprint density at radius 3 is 3.00 bits per heavy atom. The van der Waals surface area contributed by atoms with Crippen molar-refractivity contribution >= 4 is 35.6 Å². The van der Waals surface area contributed by atoms with Gasteiger partial charge in [-0.25, -0.2) is 0 Å². The zero-order chi connectivity index (χ0) is 15.2. The SMILES string of the molecule is CCSCCC(=O)Nc1cccc(-n2c(C)n[nH]c2=S)c1. The number of H-pyrrole nitrogens is 1. The van der Waals surface area contributed by atoms with E-state index in [1.807, 2.05) is 35.8 Å². The van der Waals surface area contributed by atoms with Crippen LogP contribution >= 0.6 is 24.0 Å². The minimum atomic E-state index is 0.0283. The van der Waals surface area contributed by atoms with E-state index in [1.165, 1.54) is 0 Å². The maximum atomic E-state index is 11.8. The molecule has 2 aromatic rings. The number of aromatic amines is 1. The molecular weight excluding hydrogens is 304 g/mol. The Morgan fingerprint density at radius 1 is 1.52 bits per heavy atom. The van der Waals surface area contributed by atoms with E-state index >= 15 is 0 Å². The first-order valence-electron chi connectivity index (χ1n) is 6.74. The average Bonchev–Trinajstić information content (AvgIpc) is 2.79. The molecule has 1 aromatic carbocycles. The van der Waals surface area contributed by atoms with E-state index in [0.717, 1.165) is 28.7 Å². The molecule has 0 radical (unpaired) electrons. The number of benzene rings is 1. The molecule has 21 heavy (non-hydrogen) atoms. The fraction of sp³-hybridized carbons (Fsp3) is 0.357. The lowest BCUT2D eigenvalue weighted by atomic mass is 10.2. The molecule has 0 aliphatic rings. The molecule has 2 rings (SSSR count). The van der Waals surface area contributed by atoms with Gasteiger partial charge in [0.1, 0.15) is 5.82 Å². The largest absolute Gasteiger partial charge is 0.326 e. The summed E-state index contributed by atoms with van der Waals surface area (Å²) in [4.78, 5) is 11.8. The van der Waals surface area contributed by atoms with Crippen molar-refractivity contribution in [1.82, 2.24) is 14.8 Å². The number of amides is 1. The maximum Gasteiger partial charge on any atom is 0.225 e. The summed E-state index contributed by atoms with van der Waals surface area (Å²) < 4.78 is 2.37. The molecule has 0 saturated heterocycles. The van der Waals surface area contributed by atoms with Crippen LogP contribution in [0.5, 0.6) is 0 Å². The summed E-state index contributed by atoms with van der Waals surface area (Å²) in [5.41, 5.74) is 1.65. The van der Waals surface area contributed by atoms with Crippen molar-refractivity contribution in [2.24, 2.45) is 0 Å². The van der Waals surface area contributed by atoms with Crippen molar-refractivity contribution in [3.8, 4) is 5.69 Å². The number of aromatic nitrogens is 3. The minimum absolute atomic E-state index is 0.0283. The van der Waals surface area contributed by atoms with Gasteiger partial charge in [0.15, 0.2) is 4.77 Å². The number of carbonyl (C=O) groups is 1. The van der Waals surface area contributed by atoms with Crippen molar-refractivity contribution in [2.75, 3.05) is 16.8 Å². The second-order valence-corrected chi connectivity index (χ2v) is 6.24. The van der Waals surface area contributed by atoms with E-state index < -0.39 is 0 Å². The van der Waals surface area contributed by atoms with Crippen molar-refractivity contribution < 1.29 is 4.79 Å². The van der Waals surface area contributed by atoms with Gasteiger partial charge in [0.2, 0.25) is 5.91 Å². The van der Waals surface area contributed by atoms with Gasteiger partial charge in [0.05, 0.1) is 5.69 Å². The molecule has 0 bridgehead atoms. The zero-order valence-electron chi connectivity index (χ0n) is 12.0. The molecule has 0 aliphatic carbocycles. The Morgan fingerprint density at radius 2 is 2.33 bits per heavy atom. The van der Waals surface area contributed by atoms with Crippen molar-refractivity contribution in [3.63, 3.8) is 0 Å². The molecule has 1 heterocycles. The van der Waals surface area contributed by atoms with E-state index in [0.29, 0.717) is 11.2 Å². The van der Waals surface area contributed by atoms with Crippen LogP contribution < -0.4 is 5.32 Å². The van der Waals surface area contributed by atoms with Crippen LogP contribution in [0.15, 0.2) is 24.3 Å². The molecule has 1 amide bonds. The molecule has 1 aromatic heterocycles. The van der Waals surface area contributed by atoms with Gasteiger partial charge in [-0.15, -0.1) is 0 Å². The fourth-order valence-corrected chi connectivity index (χ4v) is 2.84. The quantitative estimate of drug-likeness (QED) is 0.632. The number of hydrogen-bond acceptors (Lipinski definition) is 4. The predicted octanol–water partition coefficient (Wildman–Crippen LogP) is 3.32. The lowest BCUT2D eigenvalue weighted by Gasteiger charge is -2.08. The van der Waals surface area contributed by atoms with Crippen LogP contribution in [0, 0.1) is 11.7 Å². The van der Waals surface area contributed by atoms with Gasteiger partial charge in [-0.2, -0.15) is 16.9 Å². The molecule has 0 spiro atoms. The fourth-order valence-electron chi connectivity index (χ4n) is 1.94. The Balaban J connectivity index is 2.12. The summed E-state index contributed by atoms with van der Waals surface area (Å²) in [6.45, 7) is 3.96. The van der Waals surface area contributed by atoms with E-state index in [9.17, 15) is 4.79 Å². The Hall–Kier alpha value is -1.60. The lowest BCUT2D eigenvalue weighted by Crippen LogP contribution is -2.12. The van der Waals surface area contributed by atoms with Crippen molar-refractivity contribution in [2.45, 2.75) is 20.3 Å². The van der Waals surface area contributed by atoms with Gasteiger partial charge in [-0.1, -0.05) is 13.0 Å². The van der Waals surface area contributed by atoms with Crippen molar-refractivity contribution in [3.05, 3.63) is 34.9 Å². The van der Waals surface area contributed by atoms with Gasteiger partial charge in [-0.3, -0.25) is 14.5 Å². The van der Waals surface area contributed by atoms with Gasteiger partial charge < -0.3 is 5.32 Å². The summed E-state index contributed by atoms with van der Waals surface area (Å²) in [5.74, 6) is 2.68. The van der Waals surface area contributed by atoms with Crippen LogP contribution in [0.25, 0.3) is 5.69 Å². The molecule has 0 unspecified atom stereocenters. The summed E-state index contributed by atoms with van der Waals surface area (Å²) in [7, 11) is 0. The lowest BCUT2D eigenvalue weighted by molar-refractivity contribution is -0.115. The average molecular weight is 322 g/mol. The Bertz CT molecular complexity index is 678. The van der Waals surface area contributed by atoms with Crippen LogP contribution in [-0.4, -0.2) is 32.2 Å². The van der Waals surface area contributed by atoms with E-state index in [-0.39, 0.29) is 5.91 Å². The van der Waals surface area contributed by atoms with Gasteiger partial charge in [0, 0.05) is 17.9 Å². The molecular formula is C14H18N4OS2. The third-order valence-electron chi connectivity index (χ3n) is 2.91. The minimum Gasteiger partial charge on any atom is -0.326 e. The highest BCUT2D eigenvalue weighted by atomic mass is 32.2. The summed E-state index contributed by atoms with van der Waals surface area (Å²) in [5, 5.41) is 9.76. The molecule has 5 nitrogen and oxygen atoms in total. The highest BCUT2D eigenvalue weighted by Crippen LogP contribution is 2.16. The van der Waals surface area contributed by atoms with Crippen LogP contribution in [0.4, 0.5) is 5.69 Å². The van der Waals surface area contributed by atoms with E-state index in [2.05, 4.69) is 22.4 Å². The highest BCUT2D eigenvalue weighted by molar-refractivity contribution is 7.99. The number of hydrogen-bond donors (Lipinski definition) is 2. The predicted molar refractivity (Wildman–Crippen MR) is 89.7 cm³/mol.